The first-order valence-electron chi connectivity index (χ1n) is 6.39. The second-order valence-corrected chi connectivity index (χ2v) is 5.97. The zero-order valence-electron chi connectivity index (χ0n) is 11.7. The standard InChI is InChI=1S/C14H19BrN2O3/c1-8(2)9(3)7-16-14(20)17-12-5-4-10(15)6-11(12)13(18)19/h4-6,8-9H,7H2,1-3H3,(H,18,19)(H2,16,17,20). The van der Waals surface area contributed by atoms with Crippen LogP contribution in [0.25, 0.3) is 0 Å². The van der Waals surface area contributed by atoms with Gasteiger partial charge in [0.25, 0.3) is 0 Å². The third kappa shape index (κ3) is 4.85. The Morgan fingerprint density at radius 2 is 1.95 bits per heavy atom. The van der Waals surface area contributed by atoms with E-state index < -0.39 is 12.0 Å². The Balaban J connectivity index is 2.69. The van der Waals surface area contributed by atoms with Crippen LogP contribution in [0.2, 0.25) is 0 Å². The van der Waals surface area contributed by atoms with Crippen LogP contribution in [-0.2, 0) is 0 Å². The zero-order valence-corrected chi connectivity index (χ0v) is 13.3. The summed E-state index contributed by atoms with van der Waals surface area (Å²) >= 11 is 3.20. The molecule has 1 atom stereocenters. The van der Waals surface area contributed by atoms with Gasteiger partial charge in [0.1, 0.15) is 0 Å². The molecule has 0 spiro atoms. The average molecular weight is 343 g/mol. The molecular weight excluding hydrogens is 324 g/mol. The molecule has 0 heterocycles. The third-order valence-electron chi connectivity index (χ3n) is 3.18. The molecule has 3 N–H and O–H groups in total. The van der Waals surface area contributed by atoms with Gasteiger partial charge in [0.15, 0.2) is 0 Å². The molecule has 0 bridgehead atoms. The van der Waals surface area contributed by atoms with Crippen LogP contribution in [0.4, 0.5) is 10.5 Å². The van der Waals surface area contributed by atoms with E-state index in [9.17, 15) is 9.59 Å². The number of carbonyl (C=O) groups is 2. The molecule has 0 aliphatic heterocycles. The maximum absolute atomic E-state index is 11.8. The molecule has 110 valence electrons. The summed E-state index contributed by atoms with van der Waals surface area (Å²) in [5, 5.41) is 14.4. The topological polar surface area (TPSA) is 78.4 Å². The highest BCUT2D eigenvalue weighted by molar-refractivity contribution is 9.10. The van der Waals surface area contributed by atoms with Crippen LogP contribution in [0.3, 0.4) is 0 Å². The van der Waals surface area contributed by atoms with Crippen LogP contribution < -0.4 is 10.6 Å². The number of carboxylic acids is 1. The van der Waals surface area contributed by atoms with E-state index in [4.69, 9.17) is 5.11 Å². The molecule has 1 rings (SSSR count). The van der Waals surface area contributed by atoms with Crippen LogP contribution >= 0.6 is 15.9 Å². The molecule has 1 aromatic carbocycles. The summed E-state index contributed by atoms with van der Waals surface area (Å²) in [5.74, 6) is -0.265. The monoisotopic (exact) mass is 342 g/mol. The van der Waals surface area contributed by atoms with Crippen LogP contribution in [-0.4, -0.2) is 23.7 Å². The van der Waals surface area contributed by atoms with Gasteiger partial charge in [-0.05, 0) is 30.0 Å². The number of hydrogen-bond donors (Lipinski definition) is 3. The summed E-state index contributed by atoms with van der Waals surface area (Å²) in [6, 6.07) is 4.29. The van der Waals surface area contributed by atoms with E-state index in [1.165, 1.54) is 6.07 Å². The van der Waals surface area contributed by atoms with E-state index in [2.05, 4.69) is 40.4 Å². The zero-order chi connectivity index (χ0) is 15.3. The fourth-order valence-electron chi connectivity index (χ4n) is 1.46. The lowest BCUT2D eigenvalue weighted by molar-refractivity contribution is 0.0698. The van der Waals surface area contributed by atoms with Crippen molar-refractivity contribution in [3.05, 3.63) is 28.2 Å². The molecule has 0 fully saturated rings. The highest BCUT2D eigenvalue weighted by Crippen LogP contribution is 2.21. The molecule has 0 saturated carbocycles. The predicted octanol–water partition coefficient (Wildman–Crippen LogP) is 3.56. The largest absolute Gasteiger partial charge is 0.478 e. The van der Waals surface area contributed by atoms with Crippen molar-refractivity contribution in [2.45, 2.75) is 20.8 Å². The molecule has 0 radical (unpaired) electrons. The van der Waals surface area contributed by atoms with Gasteiger partial charge in [-0.15, -0.1) is 0 Å². The summed E-state index contributed by atoms with van der Waals surface area (Å²) in [6.45, 7) is 6.76. The van der Waals surface area contributed by atoms with Gasteiger partial charge in [-0.3, -0.25) is 0 Å². The van der Waals surface area contributed by atoms with E-state index in [0.29, 0.717) is 22.9 Å². The number of carboxylic acid groups (broad SMARTS) is 1. The van der Waals surface area contributed by atoms with Crippen molar-refractivity contribution in [1.29, 1.82) is 0 Å². The van der Waals surface area contributed by atoms with E-state index in [1.54, 1.807) is 12.1 Å². The van der Waals surface area contributed by atoms with E-state index >= 15 is 0 Å². The molecular formula is C14H19BrN2O3. The molecule has 2 amide bonds. The summed E-state index contributed by atoms with van der Waals surface area (Å²) in [5.41, 5.74) is 0.321. The minimum Gasteiger partial charge on any atom is -0.478 e. The van der Waals surface area contributed by atoms with Crippen LogP contribution in [0, 0.1) is 11.8 Å². The Hall–Kier alpha value is -1.56. The van der Waals surface area contributed by atoms with E-state index in [1.807, 2.05) is 6.92 Å². The number of benzene rings is 1. The second kappa shape index (κ2) is 7.28. The third-order valence-corrected chi connectivity index (χ3v) is 3.68. The van der Waals surface area contributed by atoms with Gasteiger partial charge in [0.05, 0.1) is 11.3 Å². The smallest absolute Gasteiger partial charge is 0.337 e. The maximum Gasteiger partial charge on any atom is 0.337 e. The number of amides is 2. The van der Waals surface area contributed by atoms with Crippen LogP contribution in [0.15, 0.2) is 22.7 Å². The molecule has 1 unspecified atom stereocenters. The Morgan fingerprint density at radius 3 is 2.50 bits per heavy atom. The van der Waals surface area contributed by atoms with Crippen LogP contribution in [0.1, 0.15) is 31.1 Å². The van der Waals surface area contributed by atoms with Gasteiger partial charge in [-0.1, -0.05) is 36.7 Å². The summed E-state index contributed by atoms with van der Waals surface area (Å²) in [4.78, 5) is 22.9. The number of urea groups is 1. The predicted molar refractivity (Wildman–Crippen MR) is 82.1 cm³/mol. The summed E-state index contributed by atoms with van der Waals surface area (Å²) < 4.78 is 0.647. The Kier molecular flexibility index (Phi) is 6.01. The first-order valence-corrected chi connectivity index (χ1v) is 7.18. The molecule has 0 saturated heterocycles. The molecule has 0 aliphatic carbocycles. The van der Waals surface area contributed by atoms with Crippen molar-refractivity contribution in [3.8, 4) is 0 Å². The van der Waals surface area contributed by atoms with Crippen molar-refractivity contribution < 1.29 is 14.7 Å². The SMILES string of the molecule is CC(C)C(C)CNC(=O)Nc1ccc(Br)cc1C(=O)O. The number of carbonyl (C=O) groups excluding carboxylic acids is 1. The molecule has 5 nitrogen and oxygen atoms in total. The number of halogens is 1. The number of rotatable bonds is 5. The molecule has 0 aliphatic rings. The van der Waals surface area contributed by atoms with Gasteiger partial charge in [0, 0.05) is 11.0 Å². The molecule has 6 heteroatoms. The van der Waals surface area contributed by atoms with Gasteiger partial charge in [-0.25, -0.2) is 9.59 Å². The number of hydrogen-bond acceptors (Lipinski definition) is 2. The van der Waals surface area contributed by atoms with Gasteiger partial charge in [-0.2, -0.15) is 0 Å². The average Bonchev–Trinajstić information content (AvgIpc) is 2.37. The quantitative estimate of drug-likeness (QED) is 0.765. The van der Waals surface area contributed by atoms with Crippen molar-refractivity contribution in [3.63, 3.8) is 0 Å². The molecule has 20 heavy (non-hydrogen) atoms. The Labute approximate surface area is 126 Å². The lowest BCUT2D eigenvalue weighted by Gasteiger charge is -2.16. The lowest BCUT2D eigenvalue weighted by Crippen LogP contribution is -2.34. The van der Waals surface area contributed by atoms with E-state index in [0.717, 1.165) is 0 Å². The second-order valence-electron chi connectivity index (χ2n) is 5.05. The fraction of sp³-hybridized carbons (Fsp3) is 0.429. The maximum atomic E-state index is 11.8. The summed E-state index contributed by atoms with van der Waals surface area (Å²) in [6.07, 6.45) is 0. The number of aromatic carboxylic acids is 1. The normalized spacial score (nSPS) is 12.1. The van der Waals surface area contributed by atoms with Gasteiger partial charge in [0.2, 0.25) is 0 Å². The molecule has 0 aromatic heterocycles. The minimum absolute atomic E-state index is 0.0476. The lowest BCUT2D eigenvalue weighted by atomic mass is 9.98. The van der Waals surface area contributed by atoms with Gasteiger partial charge >= 0.3 is 12.0 Å². The van der Waals surface area contributed by atoms with Crippen LogP contribution in [0.5, 0.6) is 0 Å². The fourth-order valence-corrected chi connectivity index (χ4v) is 1.82. The first kappa shape index (κ1) is 16.5. The Bertz CT molecular complexity index is 503. The Morgan fingerprint density at radius 1 is 1.30 bits per heavy atom. The van der Waals surface area contributed by atoms with Gasteiger partial charge < -0.3 is 15.7 Å². The van der Waals surface area contributed by atoms with Crippen molar-refractivity contribution in [2.24, 2.45) is 11.8 Å². The first-order chi connectivity index (χ1) is 9.31. The van der Waals surface area contributed by atoms with Crippen molar-refractivity contribution in [2.75, 3.05) is 11.9 Å². The summed E-state index contributed by atoms with van der Waals surface area (Å²) in [7, 11) is 0. The number of nitrogens with one attached hydrogen (secondary N) is 2. The van der Waals surface area contributed by atoms with E-state index in [-0.39, 0.29) is 11.3 Å². The highest BCUT2D eigenvalue weighted by Gasteiger charge is 2.14. The van der Waals surface area contributed by atoms with Crippen molar-refractivity contribution >= 4 is 33.6 Å². The molecule has 1 aromatic rings. The van der Waals surface area contributed by atoms with Crippen molar-refractivity contribution in [1.82, 2.24) is 5.32 Å². The number of anilines is 1. The minimum atomic E-state index is -1.09. The highest BCUT2D eigenvalue weighted by atomic mass is 79.9.